The molecule has 1 aromatic rings. The predicted octanol–water partition coefficient (Wildman–Crippen LogP) is 3.84. The summed E-state index contributed by atoms with van der Waals surface area (Å²) in [6, 6.07) is 5.26. The summed E-state index contributed by atoms with van der Waals surface area (Å²) < 4.78 is 19.5. The van der Waals surface area contributed by atoms with Gasteiger partial charge in [0.2, 0.25) is 0 Å². The van der Waals surface area contributed by atoms with E-state index in [9.17, 15) is 4.39 Å². The lowest BCUT2D eigenvalue weighted by Crippen LogP contribution is -2.37. The topological polar surface area (TPSA) is 12.5 Å². The summed E-state index contributed by atoms with van der Waals surface area (Å²) in [6.07, 6.45) is 4.85. The average molecular weight is 316 g/mol. The van der Waals surface area contributed by atoms with Crippen LogP contribution in [0.15, 0.2) is 22.7 Å². The second kappa shape index (κ2) is 6.53. The standard InChI is InChI=1S/C14H19BrFNO/c1-17-6-3-2-4-13(17)5-7-18-14-9-11(15)8-12(16)10-14/h8-10,13H,2-7H2,1H3. The van der Waals surface area contributed by atoms with Crippen molar-refractivity contribution in [2.24, 2.45) is 0 Å². The summed E-state index contributed by atoms with van der Waals surface area (Å²) in [5, 5.41) is 0. The van der Waals surface area contributed by atoms with Gasteiger partial charge in [-0.2, -0.15) is 0 Å². The first kappa shape index (κ1) is 13.8. The number of hydrogen-bond donors (Lipinski definition) is 0. The molecule has 1 atom stereocenters. The number of nitrogens with zero attached hydrogens (tertiary/aromatic N) is 1. The van der Waals surface area contributed by atoms with Crippen LogP contribution in [0.4, 0.5) is 4.39 Å². The van der Waals surface area contributed by atoms with Gasteiger partial charge in [0.15, 0.2) is 0 Å². The zero-order chi connectivity index (χ0) is 13.0. The van der Waals surface area contributed by atoms with E-state index in [0.29, 0.717) is 22.9 Å². The number of rotatable bonds is 4. The molecule has 1 heterocycles. The number of ether oxygens (including phenoxy) is 1. The Hall–Kier alpha value is -0.610. The van der Waals surface area contributed by atoms with Crippen LogP contribution in [-0.2, 0) is 0 Å². The van der Waals surface area contributed by atoms with Crippen LogP contribution in [0.2, 0.25) is 0 Å². The maximum absolute atomic E-state index is 13.2. The van der Waals surface area contributed by atoms with Crippen molar-refractivity contribution in [2.75, 3.05) is 20.2 Å². The van der Waals surface area contributed by atoms with E-state index in [-0.39, 0.29) is 5.82 Å². The molecule has 0 N–H and O–H groups in total. The van der Waals surface area contributed by atoms with Gasteiger partial charge >= 0.3 is 0 Å². The number of benzene rings is 1. The van der Waals surface area contributed by atoms with Crippen LogP contribution in [0.25, 0.3) is 0 Å². The Morgan fingerprint density at radius 2 is 2.22 bits per heavy atom. The number of likely N-dealkylation sites (tertiary alicyclic amines) is 1. The van der Waals surface area contributed by atoms with Crippen molar-refractivity contribution in [3.05, 3.63) is 28.5 Å². The van der Waals surface area contributed by atoms with Gasteiger partial charge in [0.25, 0.3) is 0 Å². The normalized spacial score (nSPS) is 20.9. The third-order valence-electron chi connectivity index (χ3n) is 3.48. The second-order valence-electron chi connectivity index (χ2n) is 4.87. The van der Waals surface area contributed by atoms with Crippen LogP contribution in [0.5, 0.6) is 5.75 Å². The molecule has 1 fully saturated rings. The van der Waals surface area contributed by atoms with Crippen molar-refractivity contribution < 1.29 is 9.13 Å². The summed E-state index contributed by atoms with van der Waals surface area (Å²) in [5.74, 6) is 0.328. The molecule has 1 aliphatic heterocycles. The summed E-state index contributed by atoms with van der Waals surface area (Å²) in [4.78, 5) is 2.40. The molecule has 4 heteroatoms. The van der Waals surface area contributed by atoms with E-state index in [1.54, 1.807) is 6.07 Å². The SMILES string of the molecule is CN1CCCCC1CCOc1cc(F)cc(Br)c1. The van der Waals surface area contributed by atoms with E-state index in [2.05, 4.69) is 27.9 Å². The van der Waals surface area contributed by atoms with E-state index in [1.165, 1.54) is 37.9 Å². The van der Waals surface area contributed by atoms with Crippen LogP contribution >= 0.6 is 15.9 Å². The van der Waals surface area contributed by atoms with Crippen LogP contribution < -0.4 is 4.74 Å². The Morgan fingerprint density at radius 1 is 1.39 bits per heavy atom. The lowest BCUT2D eigenvalue weighted by Gasteiger charge is -2.32. The molecule has 1 unspecified atom stereocenters. The van der Waals surface area contributed by atoms with Crippen molar-refractivity contribution in [3.8, 4) is 5.75 Å². The number of piperidine rings is 1. The highest BCUT2D eigenvalue weighted by molar-refractivity contribution is 9.10. The Bertz CT molecular complexity index is 379. The zero-order valence-corrected chi connectivity index (χ0v) is 12.2. The largest absolute Gasteiger partial charge is 0.493 e. The van der Waals surface area contributed by atoms with E-state index < -0.39 is 0 Å². The van der Waals surface area contributed by atoms with Crippen molar-refractivity contribution in [2.45, 2.75) is 31.7 Å². The fourth-order valence-corrected chi connectivity index (χ4v) is 2.88. The molecule has 0 aliphatic carbocycles. The quantitative estimate of drug-likeness (QED) is 0.837. The van der Waals surface area contributed by atoms with Gasteiger partial charge in [-0.25, -0.2) is 4.39 Å². The van der Waals surface area contributed by atoms with E-state index in [0.717, 1.165) is 6.42 Å². The Kier molecular flexibility index (Phi) is 5.01. The molecule has 0 aromatic heterocycles. The summed E-state index contributed by atoms with van der Waals surface area (Å²) >= 11 is 3.26. The van der Waals surface area contributed by atoms with Gasteiger partial charge in [-0.15, -0.1) is 0 Å². The monoisotopic (exact) mass is 315 g/mol. The van der Waals surface area contributed by atoms with E-state index in [1.807, 2.05) is 0 Å². The van der Waals surface area contributed by atoms with E-state index in [4.69, 9.17) is 4.74 Å². The summed E-state index contributed by atoms with van der Waals surface area (Å²) in [6.45, 7) is 1.82. The highest BCUT2D eigenvalue weighted by Gasteiger charge is 2.18. The fourth-order valence-electron chi connectivity index (χ4n) is 2.43. The Morgan fingerprint density at radius 3 is 2.94 bits per heavy atom. The maximum atomic E-state index is 13.2. The van der Waals surface area contributed by atoms with Crippen LogP contribution in [0, 0.1) is 5.82 Å². The molecule has 1 saturated heterocycles. The van der Waals surface area contributed by atoms with Gasteiger partial charge in [0, 0.05) is 16.6 Å². The summed E-state index contributed by atoms with van der Waals surface area (Å²) in [5.41, 5.74) is 0. The molecule has 0 bridgehead atoms. The van der Waals surface area contributed by atoms with Crippen molar-refractivity contribution in [3.63, 3.8) is 0 Å². The zero-order valence-electron chi connectivity index (χ0n) is 10.7. The van der Waals surface area contributed by atoms with Crippen molar-refractivity contribution in [1.29, 1.82) is 0 Å². The summed E-state index contributed by atoms with van der Waals surface area (Å²) in [7, 11) is 2.17. The minimum Gasteiger partial charge on any atom is -0.493 e. The van der Waals surface area contributed by atoms with Gasteiger partial charge in [0.1, 0.15) is 11.6 Å². The van der Waals surface area contributed by atoms with Gasteiger partial charge in [-0.05, 0) is 45.0 Å². The molecule has 2 nitrogen and oxygen atoms in total. The molecular weight excluding hydrogens is 297 g/mol. The van der Waals surface area contributed by atoms with Gasteiger partial charge in [0.05, 0.1) is 6.61 Å². The minimum atomic E-state index is -0.269. The van der Waals surface area contributed by atoms with Crippen LogP contribution in [0.1, 0.15) is 25.7 Å². The second-order valence-corrected chi connectivity index (χ2v) is 5.79. The Balaban J connectivity index is 1.80. The van der Waals surface area contributed by atoms with Gasteiger partial charge in [-0.3, -0.25) is 0 Å². The third kappa shape index (κ3) is 3.95. The first-order valence-electron chi connectivity index (χ1n) is 6.44. The highest BCUT2D eigenvalue weighted by atomic mass is 79.9. The lowest BCUT2D eigenvalue weighted by molar-refractivity contribution is 0.153. The Labute approximate surface area is 116 Å². The highest BCUT2D eigenvalue weighted by Crippen LogP contribution is 2.22. The first-order valence-corrected chi connectivity index (χ1v) is 7.23. The smallest absolute Gasteiger partial charge is 0.128 e. The molecule has 0 amide bonds. The van der Waals surface area contributed by atoms with Crippen molar-refractivity contribution in [1.82, 2.24) is 4.90 Å². The molecular formula is C14H19BrFNO. The van der Waals surface area contributed by atoms with Crippen molar-refractivity contribution >= 4 is 15.9 Å². The molecule has 2 rings (SSSR count). The van der Waals surface area contributed by atoms with Gasteiger partial charge < -0.3 is 9.64 Å². The lowest BCUT2D eigenvalue weighted by atomic mass is 10.0. The fraction of sp³-hybridized carbons (Fsp3) is 0.571. The number of hydrogen-bond acceptors (Lipinski definition) is 2. The van der Waals surface area contributed by atoms with Gasteiger partial charge in [-0.1, -0.05) is 22.4 Å². The molecule has 0 spiro atoms. The number of halogens is 2. The molecule has 1 aliphatic rings. The van der Waals surface area contributed by atoms with Crippen LogP contribution in [0.3, 0.4) is 0 Å². The maximum Gasteiger partial charge on any atom is 0.128 e. The van der Waals surface area contributed by atoms with E-state index >= 15 is 0 Å². The molecule has 100 valence electrons. The minimum absolute atomic E-state index is 0.269. The average Bonchev–Trinajstić information content (AvgIpc) is 2.30. The van der Waals surface area contributed by atoms with Crippen LogP contribution in [-0.4, -0.2) is 31.1 Å². The predicted molar refractivity (Wildman–Crippen MR) is 74.5 cm³/mol. The third-order valence-corrected chi connectivity index (χ3v) is 3.94. The first-order chi connectivity index (χ1) is 8.65. The molecule has 1 aromatic carbocycles. The molecule has 18 heavy (non-hydrogen) atoms. The molecule has 0 radical (unpaired) electrons. The molecule has 0 saturated carbocycles.